The van der Waals surface area contributed by atoms with Crippen LogP contribution in [0.2, 0.25) is 0 Å². The van der Waals surface area contributed by atoms with Crippen LogP contribution in [-0.4, -0.2) is 36.4 Å². The zero-order valence-corrected chi connectivity index (χ0v) is 31.2. The van der Waals surface area contributed by atoms with E-state index in [1.54, 1.807) is 0 Å². The molecule has 276 valence electrons. The van der Waals surface area contributed by atoms with Crippen LogP contribution in [0.15, 0.2) is 60.8 Å². The molecule has 0 aliphatic carbocycles. The van der Waals surface area contributed by atoms with E-state index in [4.69, 9.17) is 9.47 Å². The Labute approximate surface area is 296 Å². The predicted molar refractivity (Wildman–Crippen MR) is 205 cm³/mol. The van der Waals surface area contributed by atoms with Gasteiger partial charge < -0.3 is 14.6 Å². The third-order valence-electron chi connectivity index (χ3n) is 8.28. The minimum atomic E-state index is -0.797. The largest absolute Gasteiger partial charge is 0.462 e. The molecule has 48 heavy (non-hydrogen) atoms. The number of esters is 2. The molecule has 0 aliphatic heterocycles. The van der Waals surface area contributed by atoms with Gasteiger partial charge in [-0.05, 0) is 77.0 Å². The van der Waals surface area contributed by atoms with Crippen molar-refractivity contribution in [2.24, 2.45) is 0 Å². The molecular formula is C43H74O5. The number of aliphatic hydroxyl groups excluding tert-OH is 1. The van der Waals surface area contributed by atoms with Gasteiger partial charge in [0.15, 0.2) is 6.10 Å². The van der Waals surface area contributed by atoms with Gasteiger partial charge in [-0.1, -0.05) is 152 Å². The number of rotatable bonds is 35. The van der Waals surface area contributed by atoms with Gasteiger partial charge in [0, 0.05) is 12.8 Å². The van der Waals surface area contributed by atoms with E-state index in [0.29, 0.717) is 19.3 Å². The third kappa shape index (κ3) is 36.4. The standard InChI is InChI=1S/C43H74O5/c1-3-5-7-9-11-13-15-17-19-21-23-25-27-29-31-33-35-37-42(45)47-40-41(39-44)48-43(46)38-36-34-32-30-28-26-24-22-20-18-16-14-12-10-8-6-4-2/h12,14,17-20,23,25,29,31,41,44H,3-11,13,15-16,21-22,24,26-28,30,32-40H2,1-2H3. The van der Waals surface area contributed by atoms with E-state index in [-0.39, 0.29) is 25.2 Å². The Hall–Kier alpha value is -2.40. The van der Waals surface area contributed by atoms with Crippen LogP contribution in [0.25, 0.3) is 0 Å². The topological polar surface area (TPSA) is 72.8 Å². The molecule has 0 aromatic rings. The minimum absolute atomic E-state index is 0.0972. The molecule has 0 saturated carbocycles. The lowest BCUT2D eigenvalue weighted by Gasteiger charge is -2.15. The molecule has 0 spiro atoms. The first-order valence-electron chi connectivity index (χ1n) is 19.8. The quantitative estimate of drug-likeness (QED) is 0.0413. The Morgan fingerprint density at radius 1 is 0.479 bits per heavy atom. The molecule has 5 heteroatoms. The maximum absolute atomic E-state index is 12.2. The van der Waals surface area contributed by atoms with E-state index in [1.807, 2.05) is 0 Å². The number of carbonyl (C=O) groups excluding carboxylic acids is 2. The van der Waals surface area contributed by atoms with E-state index in [2.05, 4.69) is 74.6 Å². The van der Waals surface area contributed by atoms with Crippen LogP contribution >= 0.6 is 0 Å². The Balaban J connectivity index is 3.67. The number of allylic oxidation sites excluding steroid dienone is 10. The first-order valence-corrected chi connectivity index (χ1v) is 19.8. The van der Waals surface area contributed by atoms with E-state index in [1.165, 1.54) is 96.3 Å². The predicted octanol–water partition coefficient (Wildman–Crippen LogP) is 12.4. The summed E-state index contributed by atoms with van der Waals surface area (Å²) in [5.74, 6) is -0.664. The van der Waals surface area contributed by atoms with Crippen molar-refractivity contribution in [3.05, 3.63) is 60.8 Å². The Morgan fingerprint density at radius 2 is 0.854 bits per heavy atom. The molecule has 1 N–H and O–H groups in total. The fraction of sp³-hybridized carbons (Fsp3) is 0.721. The molecule has 0 aromatic heterocycles. The summed E-state index contributed by atoms with van der Waals surface area (Å²) in [7, 11) is 0. The summed E-state index contributed by atoms with van der Waals surface area (Å²) in [6.07, 6.45) is 50.0. The number of unbranched alkanes of at least 4 members (excludes halogenated alkanes) is 17. The lowest BCUT2D eigenvalue weighted by Crippen LogP contribution is -2.28. The summed E-state index contributed by atoms with van der Waals surface area (Å²) in [4.78, 5) is 24.2. The van der Waals surface area contributed by atoms with Gasteiger partial charge in [0.25, 0.3) is 0 Å². The van der Waals surface area contributed by atoms with Crippen molar-refractivity contribution < 1.29 is 24.2 Å². The maximum Gasteiger partial charge on any atom is 0.306 e. The SMILES string of the molecule is CCCCCC=CCC=CCCCCCCCCCC(=O)OC(CO)COC(=O)CCCC=CCC=CCC=CCCCCCCCC. The average Bonchev–Trinajstić information content (AvgIpc) is 3.09. The van der Waals surface area contributed by atoms with Crippen molar-refractivity contribution in [1.29, 1.82) is 0 Å². The normalized spacial score (nSPS) is 12.8. The van der Waals surface area contributed by atoms with E-state index in [9.17, 15) is 14.7 Å². The molecule has 0 heterocycles. The zero-order valence-electron chi connectivity index (χ0n) is 31.2. The molecule has 5 nitrogen and oxygen atoms in total. The number of carbonyl (C=O) groups is 2. The van der Waals surface area contributed by atoms with Crippen molar-refractivity contribution in [2.45, 2.75) is 187 Å². The van der Waals surface area contributed by atoms with Gasteiger partial charge in [-0.15, -0.1) is 0 Å². The van der Waals surface area contributed by atoms with E-state index in [0.717, 1.165) is 51.4 Å². The number of hydrogen-bond acceptors (Lipinski definition) is 5. The summed E-state index contributed by atoms with van der Waals surface area (Å²) < 4.78 is 10.6. The molecule has 0 aliphatic rings. The van der Waals surface area contributed by atoms with Gasteiger partial charge in [-0.25, -0.2) is 0 Å². The van der Waals surface area contributed by atoms with Crippen molar-refractivity contribution in [1.82, 2.24) is 0 Å². The Morgan fingerprint density at radius 3 is 1.35 bits per heavy atom. The first kappa shape index (κ1) is 45.6. The van der Waals surface area contributed by atoms with Gasteiger partial charge in [0.2, 0.25) is 0 Å². The van der Waals surface area contributed by atoms with Crippen LogP contribution in [0, 0.1) is 0 Å². The van der Waals surface area contributed by atoms with Gasteiger partial charge in [0.1, 0.15) is 6.61 Å². The van der Waals surface area contributed by atoms with E-state index >= 15 is 0 Å². The lowest BCUT2D eigenvalue weighted by atomic mass is 10.1. The second kappa shape index (κ2) is 39.0. The molecule has 0 fully saturated rings. The Bertz CT molecular complexity index is 853. The smallest absolute Gasteiger partial charge is 0.306 e. The summed E-state index contributed by atoms with van der Waals surface area (Å²) in [6.45, 7) is 4.05. The second-order valence-corrected chi connectivity index (χ2v) is 13.0. The number of hydrogen-bond donors (Lipinski definition) is 1. The van der Waals surface area contributed by atoms with Crippen LogP contribution < -0.4 is 0 Å². The first-order chi connectivity index (χ1) is 23.6. The van der Waals surface area contributed by atoms with Crippen LogP contribution in [-0.2, 0) is 19.1 Å². The Kier molecular flexibility index (Phi) is 37.1. The minimum Gasteiger partial charge on any atom is -0.462 e. The van der Waals surface area contributed by atoms with Gasteiger partial charge >= 0.3 is 11.9 Å². The van der Waals surface area contributed by atoms with Crippen molar-refractivity contribution in [2.75, 3.05) is 13.2 Å². The zero-order chi connectivity index (χ0) is 35.0. The van der Waals surface area contributed by atoms with Crippen LogP contribution in [0.5, 0.6) is 0 Å². The average molecular weight is 671 g/mol. The molecule has 0 rings (SSSR count). The highest BCUT2D eigenvalue weighted by atomic mass is 16.6. The second-order valence-electron chi connectivity index (χ2n) is 13.0. The highest BCUT2D eigenvalue weighted by Crippen LogP contribution is 2.12. The molecule has 0 saturated heterocycles. The van der Waals surface area contributed by atoms with Crippen molar-refractivity contribution in [3.8, 4) is 0 Å². The molecule has 0 aromatic carbocycles. The molecule has 0 radical (unpaired) electrons. The molecule has 0 bridgehead atoms. The highest BCUT2D eigenvalue weighted by molar-refractivity contribution is 5.70. The summed E-state index contributed by atoms with van der Waals surface area (Å²) in [5.41, 5.74) is 0. The van der Waals surface area contributed by atoms with Crippen LogP contribution in [0.1, 0.15) is 181 Å². The van der Waals surface area contributed by atoms with Crippen molar-refractivity contribution in [3.63, 3.8) is 0 Å². The summed E-state index contributed by atoms with van der Waals surface area (Å²) in [5, 5.41) is 9.55. The molecular weight excluding hydrogens is 596 g/mol. The molecule has 1 unspecified atom stereocenters. The monoisotopic (exact) mass is 671 g/mol. The maximum atomic E-state index is 12.2. The number of aliphatic hydroxyl groups is 1. The van der Waals surface area contributed by atoms with Gasteiger partial charge in [-0.2, -0.15) is 0 Å². The van der Waals surface area contributed by atoms with E-state index < -0.39 is 6.10 Å². The highest BCUT2D eigenvalue weighted by Gasteiger charge is 2.16. The molecule has 1 atom stereocenters. The number of ether oxygens (including phenoxy) is 2. The third-order valence-corrected chi connectivity index (χ3v) is 8.28. The van der Waals surface area contributed by atoms with Gasteiger partial charge in [-0.3, -0.25) is 9.59 Å². The van der Waals surface area contributed by atoms with Crippen LogP contribution in [0.4, 0.5) is 0 Å². The van der Waals surface area contributed by atoms with Gasteiger partial charge in [0.05, 0.1) is 6.61 Å². The fourth-order valence-electron chi connectivity index (χ4n) is 5.25. The fourth-order valence-corrected chi connectivity index (χ4v) is 5.25. The summed E-state index contributed by atoms with van der Waals surface area (Å²) >= 11 is 0. The van der Waals surface area contributed by atoms with Crippen LogP contribution in [0.3, 0.4) is 0 Å². The lowest BCUT2D eigenvalue weighted by molar-refractivity contribution is -0.161. The summed E-state index contributed by atoms with van der Waals surface area (Å²) in [6, 6.07) is 0. The molecule has 0 amide bonds. The van der Waals surface area contributed by atoms with Crippen molar-refractivity contribution >= 4 is 11.9 Å².